The average molecular weight is 244 g/mol. The van der Waals surface area contributed by atoms with E-state index in [1.54, 1.807) is 6.07 Å². The van der Waals surface area contributed by atoms with E-state index in [-0.39, 0.29) is 23.0 Å². The molecular weight excluding hydrogens is 228 g/mol. The summed E-state index contributed by atoms with van der Waals surface area (Å²) < 4.78 is 5.90. The van der Waals surface area contributed by atoms with E-state index in [4.69, 9.17) is 4.74 Å². The van der Waals surface area contributed by atoms with Crippen molar-refractivity contribution in [1.82, 2.24) is 0 Å². The number of phenols is 2. The molecule has 2 aromatic carbocycles. The van der Waals surface area contributed by atoms with Gasteiger partial charge in [-0.3, -0.25) is 0 Å². The van der Waals surface area contributed by atoms with E-state index in [0.29, 0.717) is 16.7 Å². The maximum absolute atomic E-state index is 10.2. The van der Waals surface area contributed by atoms with Gasteiger partial charge in [0.25, 0.3) is 0 Å². The van der Waals surface area contributed by atoms with Crippen LogP contribution in [0.4, 0.5) is 0 Å². The van der Waals surface area contributed by atoms with Crippen molar-refractivity contribution in [2.45, 2.75) is 32.3 Å². The van der Waals surface area contributed by atoms with Crippen molar-refractivity contribution in [3.63, 3.8) is 0 Å². The Kier molecular flexibility index (Phi) is 2.06. The molecule has 1 atom stereocenters. The third-order valence-corrected chi connectivity index (χ3v) is 4.07. The molecule has 0 amide bonds. The van der Waals surface area contributed by atoms with Gasteiger partial charge in [-0.2, -0.15) is 0 Å². The molecular formula is C15H16O3. The second-order valence-corrected chi connectivity index (χ2v) is 5.43. The molecule has 3 heteroatoms. The highest BCUT2D eigenvalue weighted by molar-refractivity contribution is 5.97. The quantitative estimate of drug-likeness (QED) is 0.699. The Hall–Kier alpha value is -1.90. The normalized spacial score (nSPS) is 20.7. The number of aromatic hydroxyl groups is 2. The molecule has 0 spiro atoms. The lowest BCUT2D eigenvalue weighted by molar-refractivity contribution is 0.186. The van der Waals surface area contributed by atoms with Crippen LogP contribution < -0.4 is 4.74 Å². The Balaban J connectivity index is 2.49. The molecule has 94 valence electrons. The van der Waals surface area contributed by atoms with Gasteiger partial charge >= 0.3 is 0 Å². The van der Waals surface area contributed by atoms with Gasteiger partial charge in [0.1, 0.15) is 11.9 Å². The van der Waals surface area contributed by atoms with Crippen molar-refractivity contribution >= 4 is 10.8 Å². The summed E-state index contributed by atoms with van der Waals surface area (Å²) >= 11 is 0. The molecule has 1 unspecified atom stereocenters. The lowest BCUT2D eigenvalue weighted by Crippen LogP contribution is -2.28. The van der Waals surface area contributed by atoms with Crippen LogP contribution in [0.1, 0.15) is 26.3 Å². The molecule has 1 aliphatic rings. The zero-order chi connectivity index (χ0) is 13.1. The van der Waals surface area contributed by atoms with E-state index < -0.39 is 0 Å². The van der Waals surface area contributed by atoms with Crippen molar-refractivity contribution in [3.8, 4) is 17.2 Å². The van der Waals surface area contributed by atoms with Crippen molar-refractivity contribution in [3.05, 3.63) is 29.8 Å². The summed E-state index contributed by atoms with van der Waals surface area (Å²) in [6.07, 6.45) is -0.0383. The molecule has 3 nitrogen and oxygen atoms in total. The van der Waals surface area contributed by atoms with Gasteiger partial charge in [-0.05, 0) is 6.92 Å². The number of phenolic OH excluding ortho intramolecular Hbond substituents is 2. The SMILES string of the molecule is CC1Oc2c(c(O)c(O)c3ccccc23)C1(C)C. The van der Waals surface area contributed by atoms with Crippen molar-refractivity contribution in [2.24, 2.45) is 0 Å². The maximum atomic E-state index is 10.2. The molecule has 1 heterocycles. The third kappa shape index (κ3) is 1.19. The fraction of sp³-hybridized carbons (Fsp3) is 0.333. The maximum Gasteiger partial charge on any atom is 0.166 e. The molecule has 2 aromatic rings. The van der Waals surface area contributed by atoms with Gasteiger partial charge < -0.3 is 14.9 Å². The lowest BCUT2D eigenvalue weighted by Gasteiger charge is -2.22. The number of ether oxygens (including phenoxy) is 1. The minimum absolute atomic E-state index is 0.0383. The molecule has 0 aliphatic carbocycles. The number of hydrogen-bond acceptors (Lipinski definition) is 3. The van der Waals surface area contributed by atoms with E-state index in [1.165, 1.54) is 0 Å². The van der Waals surface area contributed by atoms with Crippen LogP contribution >= 0.6 is 0 Å². The van der Waals surface area contributed by atoms with Gasteiger partial charge in [-0.25, -0.2) is 0 Å². The van der Waals surface area contributed by atoms with Crippen LogP contribution in [0, 0.1) is 0 Å². The summed E-state index contributed by atoms with van der Waals surface area (Å²) in [5, 5.41) is 21.8. The minimum Gasteiger partial charge on any atom is -0.504 e. The second-order valence-electron chi connectivity index (χ2n) is 5.43. The van der Waals surface area contributed by atoms with Crippen molar-refractivity contribution in [2.75, 3.05) is 0 Å². The van der Waals surface area contributed by atoms with Crippen LogP contribution in [-0.4, -0.2) is 16.3 Å². The molecule has 0 fully saturated rings. The predicted molar refractivity (Wildman–Crippen MR) is 70.4 cm³/mol. The number of fused-ring (bicyclic) bond motifs is 3. The molecule has 3 rings (SSSR count). The number of benzene rings is 2. The first kappa shape index (κ1) is 11.2. The Bertz CT molecular complexity index is 644. The molecule has 0 aromatic heterocycles. The zero-order valence-corrected chi connectivity index (χ0v) is 10.7. The van der Waals surface area contributed by atoms with Crippen LogP contribution in [-0.2, 0) is 5.41 Å². The van der Waals surface area contributed by atoms with Gasteiger partial charge in [-0.1, -0.05) is 38.1 Å². The van der Waals surface area contributed by atoms with E-state index in [2.05, 4.69) is 0 Å². The third-order valence-electron chi connectivity index (χ3n) is 4.07. The summed E-state index contributed by atoms with van der Waals surface area (Å²) in [6, 6.07) is 7.42. The zero-order valence-electron chi connectivity index (χ0n) is 10.7. The summed E-state index contributed by atoms with van der Waals surface area (Å²) in [5.41, 5.74) is 0.382. The molecule has 0 saturated carbocycles. The highest BCUT2D eigenvalue weighted by Gasteiger charge is 2.43. The van der Waals surface area contributed by atoms with Gasteiger partial charge in [0.15, 0.2) is 11.5 Å². The molecule has 0 bridgehead atoms. The Morgan fingerprint density at radius 2 is 1.67 bits per heavy atom. The van der Waals surface area contributed by atoms with Crippen LogP contribution in [0.15, 0.2) is 24.3 Å². The van der Waals surface area contributed by atoms with Crippen LogP contribution in [0.2, 0.25) is 0 Å². The summed E-state index contributed by atoms with van der Waals surface area (Å²) in [7, 11) is 0. The van der Waals surface area contributed by atoms with Crippen molar-refractivity contribution in [1.29, 1.82) is 0 Å². The molecule has 0 saturated heterocycles. The summed E-state index contributed by atoms with van der Waals surface area (Å²) in [6.45, 7) is 6.00. The standard InChI is InChI=1S/C15H16O3/c1-8-15(2,3)11-13(17)12(16)9-6-4-5-7-10(9)14(11)18-8/h4-8,16-17H,1-3H3. The predicted octanol–water partition coefficient (Wildman–Crippen LogP) is 3.31. The second kappa shape index (κ2) is 3.31. The summed E-state index contributed by atoms with van der Waals surface area (Å²) in [5.74, 6) is 0.576. The lowest BCUT2D eigenvalue weighted by atomic mass is 9.80. The van der Waals surface area contributed by atoms with Gasteiger partial charge in [-0.15, -0.1) is 0 Å². The van der Waals surface area contributed by atoms with E-state index in [0.717, 1.165) is 5.39 Å². The molecule has 18 heavy (non-hydrogen) atoms. The van der Waals surface area contributed by atoms with E-state index >= 15 is 0 Å². The Labute approximate surface area is 106 Å². The highest BCUT2D eigenvalue weighted by Crippen LogP contribution is 2.54. The van der Waals surface area contributed by atoms with E-state index in [9.17, 15) is 10.2 Å². The fourth-order valence-electron chi connectivity index (χ4n) is 2.62. The Morgan fingerprint density at radius 1 is 1.06 bits per heavy atom. The molecule has 0 radical (unpaired) electrons. The van der Waals surface area contributed by atoms with Gasteiger partial charge in [0.2, 0.25) is 0 Å². The first-order valence-corrected chi connectivity index (χ1v) is 6.08. The first-order valence-electron chi connectivity index (χ1n) is 6.08. The molecule has 1 aliphatic heterocycles. The van der Waals surface area contributed by atoms with Gasteiger partial charge in [0, 0.05) is 21.8 Å². The molecule has 2 N–H and O–H groups in total. The fourth-order valence-corrected chi connectivity index (χ4v) is 2.62. The largest absolute Gasteiger partial charge is 0.504 e. The number of hydrogen-bond donors (Lipinski definition) is 2. The Morgan fingerprint density at radius 3 is 2.33 bits per heavy atom. The first-order chi connectivity index (χ1) is 8.44. The average Bonchev–Trinajstić information content (AvgIpc) is 2.58. The number of rotatable bonds is 0. The summed E-state index contributed by atoms with van der Waals surface area (Å²) in [4.78, 5) is 0. The van der Waals surface area contributed by atoms with Crippen LogP contribution in [0.25, 0.3) is 10.8 Å². The topological polar surface area (TPSA) is 49.7 Å². The van der Waals surface area contributed by atoms with Crippen LogP contribution in [0.3, 0.4) is 0 Å². The smallest absolute Gasteiger partial charge is 0.166 e. The van der Waals surface area contributed by atoms with Crippen molar-refractivity contribution < 1.29 is 14.9 Å². The monoisotopic (exact) mass is 244 g/mol. The van der Waals surface area contributed by atoms with Gasteiger partial charge in [0.05, 0.1) is 0 Å². The minimum atomic E-state index is -0.319. The van der Waals surface area contributed by atoms with E-state index in [1.807, 2.05) is 39.0 Å². The highest BCUT2D eigenvalue weighted by atomic mass is 16.5. The van der Waals surface area contributed by atoms with Crippen LogP contribution in [0.5, 0.6) is 17.2 Å².